The van der Waals surface area contributed by atoms with Gasteiger partial charge < -0.3 is 15.2 Å². The summed E-state index contributed by atoms with van der Waals surface area (Å²) in [6.07, 6.45) is -1.75. The van der Waals surface area contributed by atoms with Crippen LogP contribution in [0, 0.1) is 6.92 Å². The molecule has 2 heterocycles. The molecule has 0 radical (unpaired) electrons. The van der Waals surface area contributed by atoms with E-state index in [1.165, 1.54) is 0 Å². The molecule has 154 valence electrons. The third-order valence-corrected chi connectivity index (χ3v) is 3.81. The largest absolute Gasteiger partial charge is 0.433 e. The fourth-order valence-corrected chi connectivity index (χ4v) is 2.57. The first-order valence-electron chi connectivity index (χ1n) is 8.73. The van der Waals surface area contributed by atoms with Gasteiger partial charge in [-0.25, -0.2) is 14.6 Å². The summed E-state index contributed by atoms with van der Waals surface area (Å²) >= 11 is 0. The van der Waals surface area contributed by atoms with Crippen LogP contribution >= 0.6 is 0 Å². The highest BCUT2D eigenvalue weighted by Crippen LogP contribution is 2.29. The SMILES string of the molecule is Cc1cc(Nc2nccc(C(F)(F)F)n2)cc(-c2cn(CCOCCO)nn2)c1. The Kier molecular flexibility index (Phi) is 6.39. The van der Waals surface area contributed by atoms with E-state index in [9.17, 15) is 13.2 Å². The minimum Gasteiger partial charge on any atom is -0.394 e. The van der Waals surface area contributed by atoms with Crippen molar-refractivity contribution in [3.63, 3.8) is 0 Å². The summed E-state index contributed by atoms with van der Waals surface area (Å²) in [4.78, 5) is 7.36. The fourth-order valence-electron chi connectivity index (χ4n) is 2.57. The number of halogens is 3. The normalized spacial score (nSPS) is 11.6. The lowest BCUT2D eigenvalue weighted by molar-refractivity contribution is -0.141. The molecule has 0 aliphatic rings. The Bertz CT molecular complexity index is 961. The van der Waals surface area contributed by atoms with Crippen LogP contribution in [0.15, 0.2) is 36.7 Å². The van der Waals surface area contributed by atoms with Crippen molar-refractivity contribution < 1.29 is 23.0 Å². The summed E-state index contributed by atoms with van der Waals surface area (Å²) in [6.45, 7) is 2.93. The molecule has 0 aliphatic heterocycles. The second kappa shape index (κ2) is 8.97. The van der Waals surface area contributed by atoms with Crippen molar-refractivity contribution in [3.8, 4) is 11.3 Å². The molecule has 29 heavy (non-hydrogen) atoms. The number of aryl methyl sites for hydroxylation is 1. The molecule has 0 aliphatic carbocycles. The third-order valence-electron chi connectivity index (χ3n) is 3.81. The zero-order valence-corrected chi connectivity index (χ0v) is 15.5. The van der Waals surface area contributed by atoms with Crippen molar-refractivity contribution in [2.45, 2.75) is 19.6 Å². The number of aromatic nitrogens is 5. The standard InChI is InChI=1S/C18H19F3N6O2/c1-12-8-13(15-11-27(26-25-15)4-6-29-7-5-28)10-14(9-12)23-17-22-3-2-16(24-17)18(19,20)21/h2-3,8-11,28H,4-7H2,1H3,(H,22,23,24). The van der Waals surface area contributed by atoms with E-state index in [0.29, 0.717) is 24.5 Å². The molecule has 2 aromatic heterocycles. The molecule has 0 bridgehead atoms. The minimum atomic E-state index is -4.55. The molecule has 0 atom stereocenters. The molecule has 0 saturated heterocycles. The molecule has 0 saturated carbocycles. The second-order valence-electron chi connectivity index (χ2n) is 6.18. The van der Waals surface area contributed by atoms with Crippen LogP contribution in [0.25, 0.3) is 11.3 Å². The molecule has 3 rings (SSSR count). The highest BCUT2D eigenvalue weighted by Gasteiger charge is 2.32. The van der Waals surface area contributed by atoms with Crippen LogP contribution in [0.3, 0.4) is 0 Å². The van der Waals surface area contributed by atoms with Crippen molar-refractivity contribution in [2.24, 2.45) is 0 Å². The predicted octanol–water partition coefficient (Wildman–Crippen LogP) is 2.81. The van der Waals surface area contributed by atoms with Crippen LogP contribution in [0.5, 0.6) is 0 Å². The van der Waals surface area contributed by atoms with Crippen LogP contribution in [-0.4, -0.2) is 49.9 Å². The topological polar surface area (TPSA) is 98.0 Å². The molecule has 3 aromatic rings. The van der Waals surface area contributed by atoms with Crippen molar-refractivity contribution in [1.29, 1.82) is 0 Å². The van der Waals surface area contributed by atoms with Gasteiger partial charge in [0.1, 0.15) is 11.4 Å². The number of aliphatic hydroxyl groups excluding tert-OH is 1. The number of alkyl halides is 3. The number of benzene rings is 1. The Balaban J connectivity index is 1.76. The van der Waals surface area contributed by atoms with Crippen LogP contribution in [0.1, 0.15) is 11.3 Å². The van der Waals surface area contributed by atoms with Crippen molar-refractivity contribution in [2.75, 3.05) is 25.1 Å². The zero-order valence-electron chi connectivity index (χ0n) is 15.5. The summed E-state index contributed by atoms with van der Waals surface area (Å²) in [5.41, 5.74) is 1.72. The van der Waals surface area contributed by atoms with Gasteiger partial charge in [-0.1, -0.05) is 5.21 Å². The summed E-state index contributed by atoms with van der Waals surface area (Å²) < 4.78 is 45.3. The third kappa shape index (κ3) is 5.72. The number of nitrogens with zero attached hydrogens (tertiary/aromatic N) is 5. The maximum atomic E-state index is 12.8. The number of aliphatic hydroxyl groups is 1. The number of rotatable bonds is 8. The van der Waals surface area contributed by atoms with Crippen LogP contribution in [-0.2, 0) is 17.5 Å². The molecule has 0 amide bonds. The Hall–Kier alpha value is -3.05. The van der Waals surface area contributed by atoms with Gasteiger partial charge in [0, 0.05) is 17.4 Å². The summed E-state index contributed by atoms with van der Waals surface area (Å²) in [6, 6.07) is 6.19. The van der Waals surface area contributed by atoms with Gasteiger partial charge in [-0.05, 0) is 36.8 Å². The molecular formula is C18H19F3N6O2. The summed E-state index contributed by atoms with van der Waals surface area (Å²) in [5.74, 6) is -0.152. The summed E-state index contributed by atoms with van der Waals surface area (Å²) in [7, 11) is 0. The maximum absolute atomic E-state index is 12.8. The van der Waals surface area contributed by atoms with Gasteiger partial charge in [0.2, 0.25) is 5.95 Å². The number of hydrogen-bond acceptors (Lipinski definition) is 7. The average molecular weight is 408 g/mol. The van der Waals surface area contributed by atoms with E-state index in [2.05, 4.69) is 25.6 Å². The maximum Gasteiger partial charge on any atom is 0.433 e. The van der Waals surface area contributed by atoms with Gasteiger partial charge in [0.15, 0.2) is 0 Å². The van der Waals surface area contributed by atoms with Gasteiger partial charge in [-0.15, -0.1) is 5.10 Å². The molecular weight excluding hydrogens is 389 g/mol. The first-order chi connectivity index (χ1) is 13.8. The van der Waals surface area contributed by atoms with Gasteiger partial charge >= 0.3 is 6.18 Å². The van der Waals surface area contributed by atoms with Crippen LogP contribution < -0.4 is 5.32 Å². The van der Waals surface area contributed by atoms with E-state index in [1.807, 2.05) is 13.0 Å². The quantitative estimate of drug-likeness (QED) is 0.553. The monoisotopic (exact) mass is 408 g/mol. The first-order valence-corrected chi connectivity index (χ1v) is 8.73. The number of ether oxygens (including phenoxy) is 1. The van der Waals surface area contributed by atoms with Crippen molar-refractivity contribution in [1.82, 2.24) is 25.0 Å². The van der Waals surface area contributed by atoms with E-state index < -0.39 is 11.9 Å². The Morgan fingerprint density at radius 1 is 1.21 bits per heavy atom. The molecule has 2 N–H and O–H groups in total. The first kappa shape index (κ1) is 20.7. The molecule has 8 nitrogen and oxygen atoms in total. The lowest BCUT2D eigenvalue weighted by atomic mass is 10.1. The molecule has 0 spiro atoms. The molecule has 1 aromatic carbocycles. The average Bonchev–Trinajstić information content (AvgIpc) is 3.13. The number of hydrogen-bond donors (Lipinski definition) is 2. The zero-order chi connectivity index (χ0) is 20.9. The fraction of sp³-hybridized carbons (Fsp3) is 0.333. The van der Waals surface area contributed by atoms with E-state index >= 15 is 0 Å². The molecule has 11 heteroatoms. The van der Waals surface area contributed by atoms with Gasteiger partial charge in [-0.2, -0.15) is 13.2 Å². The Labute approximate surface area is 164 Å². The van der Waals surface area contributed by atoms with Crippen LogP contribution in [0.4, 0.5) is 24.8 Å². The number of anilines is 2. The lowest BCUT2D eigenvalue weighted by Crippen LogP contribution is -2.10. The van der Waals surface area contributed by atoms with Gasteiger partial charge in [0.05, 0.1) is 32.6 Å². The van der Waals surface area contributed by atoms with Crippen molar-refractivity contribution in [3.05, 3.63) is 47.9 Å². The smallest absolute Gasteiger partial charge is 0.394 e. The Morgan fingerprint density at radius 3 is 2.79 bits per heavy atom. The van der Waals surface area contributed by atoms with E-state index in [0.717, 1.165) is 23.4 Å². The van der Waals surface area contributed by atoms with Gasteiger partial charge in [0.25, 0.3) is 0 Å². The van der Waals surface area contributed by atoms with E-state index in [1.54, 1.807) is 23.0 Å². The van der Waals surface area contributed by atoms with E-state index in [4.69, 9.17) is 9.84 Å². The number of nitrogens with one attached hydrogen (secondary N) is 1. The van der Waals surface area contributed by atoms with Gasteiger partial charge in [-0.3, -0.25) is 0 Å². The molecule has 0 unspecified atom stereocenters. The summed E-state index contributed by atoms with van der Waals surface area (Å²) in [5, 5.41) is 19.6. The minimum absolute atomic E-state index is 0.0444. The highest BCUT2D eigenvalue weighted by atomic mass is 19.4. The second-order valence-corrected chi connectivity index (χ2v) is 6.18. The lowest BCUT2D eigenvalue weighted by Gasteiger charge is -2.10. The van der Waals surface area contributed by atoms with Crippen molar-refractivity contribution >= 4 is 11.6 Å². The molecule has 0 fully saturated rings. The van der Waals surface area contributed by atoms with E-state index in [-0.39, 0.29) is 19.2 Å². The van der Waals surface area contributed by atoms with Crippen LogP contribution in [0.2, 0.25) is 0 Å². The Morgan fingerprint density at radius 2 is 2.03 bits per heavy atom. The predicted molar refractivity (Wildman–Crippen MR) is 98.4 cm³/mol. The highest BCUT2D eigenvalue weighted by molar-refractivity contribution is 5.68.